The molecule has 64 valence electrons. The molecule has 0 fully saturated rings. The molecule has 0 aliphatic heterocycles. The summed E-state index contributed by atoms with van der Waals surface area (Å²) in [7, 11) is 0. The number of carbonyl (C=O) groups is 1. The summed E-state index contributed by atoms with van der Waals surface area (Å²) in [6.07, 6.45) is 0. The first-order valence-corrected chi connectivity index (χ1v) is 3.94. The first-order chi connectivity index (χ1) is 4.92. The van der Waals surface area contributed by atoms with Crippen LogP contribution in [-0.4, -0.2) is 12.5 Å². The third kappa shape index (κ3) is 2.54. The molecule has 0 saturated carbocycles. The summed E-state index contributed by atoms with van der Waals surface area (Å²) in [5.74, 6) is -0.0833. The standard InChI is InChI=1S/C8H14ClNO/c1-5-10-7(11)8(3,4)6(2)9/h2,5H2,1,3-4H3,(H,10,11). The Morgan fingerprint density at radius 1 is 1.64 bits per heavy atom. The molecule has 0 saturated heterocycles. The van der Waals surface area contributed by atoms with E-state index in [9.17, 15) is 4.79 Å². The van der Waals surface area contributed by atoms with Crippen LogP contribution in [0.5, 0.6) is 0 Å². The third-order valence-electron chi connectivity index (χ3n) is 1.58. The Kier molecular flexibility index (Phi) is 3.59. The molecule has 0 aliphatic carbocycles. The molecule has 0 spiro atoms. The van der Waals surface area contributed by atoms with Gasteiger partial charge < -0.3 is 5.32 Å². The number of hydrogen-bond donors (Lipinski definition) is 1. The van der Waals surface area contributed by atoms with Crippen molar-refractivity contribution in [2.75, 3.05) is 6.54 Å². The van der Waals surface area contributed by atoms with Crippen molar-refractivity contribution in [2.45, 2.75) is 20.8 Å². The van der Waals surface area contributed by atoms with E-state index in [2.05, 4.69) is 11.9 Å². The summed E-state index contributed by atoms with van der Waals surface area (Å²) in [5.41, 5.74) is -0.669. The van der Waals surface area contributed by atoms with Crippen molar-refractivity contribution in [3.63, 3.8) is 0 Å². The van der Waals surface area contributed by atoms with E-state index in [4.69, 9.17) is 11.6 Å². The van der Waals surface area contributed by atoms with Crippen molar-refractivity contribution < 1.29 is 4.79 Å². The lowest BCUT2D eigenvalue weighted by Gasteiger charge is -2.21. The first-order valence-electron chi connectivity index (χ1n) is 3.56. The molecule has 0 heterocycles. The average Bonchev–Trinajstić information content (AvgIpc) is 1.88. The fraction of sp³-hybridized carbons (Fsp3) is 0.625. The van der Waals surface area contributed by atoms with Crippen molar-refractivity contribution in [3.05, 3.63) is 11.6 Å². The molecule has 1 N–H and O–H groups in total. The minimum atomic E-state index is -0.669. The zero-order valence-electron chi connectivity index (χ0n) is 7.20. The van der Waals surface area contributed by atoms with Gasteiger partial charge >= 0.3 is 0 Å². The molecule has 0 bridgehead atoms. The highest BCUT2D eigenvalue weighted by molar-refractivity contribution is 6.31. The number of amides is 1. The van der Waals surface area contributed by atoms with Gasteiger partial charge in [-0.2, -0.15) is 0 Å². The van der Waals surface area contributed by atoms with Crippen molar-refractivity contribution in [3.8, 4) is 0 Å². The quantitative estimate of drug-likeness (QED) is 0.698. The fourth-order valence-electron chi connectivity index (χ4n) is 0.505. The summed E-state index contributed by atoms with van der Waals surface area (Å²) in [5, 5.41) is 3.05. The molecular formula is C8H14ClNO. The fourth-order valence-corrected chi connectivity index (χ4v) is 0.591. The number of rotatable bonds is 3. The number of nitrogens with one attached hydrogen (secondary N) is 1. The first kappa shape index (κ1) is 10.5. The van der Waals surface area contributed by atoms with Crippen molar-refractivity contribution in [1.29, 1.82) is 0 Å². The van der Waals surface area contributed by atoms with Gasteiger partial charge in [0.25, 0.3) is 0 Å². The van der Waals surface area contributed by atoms with Crippen molar-refractivity contribution in [1.82, 2.24) is 5.32 Å². The molecule has 3 heteroatoms. The zero-order valence-corrected chi connectivity index (χ0v) is 7.96. The summed E-state index contributed by atoms with van der Waals surface area (Å²) in [6.45, 7) is 9.51. The van der Waals surface area contributed by atoms with Crippen LogP contribution in [0, 0.1) is 5.41 Å². The molecule has 11 heavy (non-hydrogen) atoms. The molecule has 0 aromatic heterocycles. The van der Waals surface area contributed by atoms with Crippen LogP contribution in [0.1, 0.15) is 20.8 Å². The van der Waals surface area contributed by atoms with Gasteiger partial charge in [-0.05, 0) is 20.8 Å². The van der Waals surface area contributed by atoms with Gasteiger partial charge in [-0.25, -0.2) is 0 Å². The van der Waals surface area contributed by atoms with Crippen molar-refractivity contribution >= 4 is 17.5 Å². The van der Waals surface area contributed by atoms with Crippen LogP contribution in [0.2, 0.25) is 0 Å². The Labute approximate surface area is 72.6 Å². The van der Waals surface area contributed by atoms with Gasteiger partial charge in [0.2, 0.25) is 5.91 Å². The summed E-state index contributed by atoms with van der Waals surface area (Å²) < 4.78 is 0. The van der Waals surface area contributed by atoms with Crippen LogP contribution in [-0.2, 0) is 4.79 Å². The van der Waals surface area contributed by atoms with E-state index in [1.54, 1.807) is 13.8 Å². The SMILES string of the molecule is C=C(Cl)C(C)(C)C(=O)NCC. The minimum Gasteiger partial charge on any atom is -0.356 e. The smallest absolute Gasteiger partial charge is 0.230 e. The van der Waals surface area contributed by atoms with E-state index >= 15 is 0 Å². The summed E-state index contributed by atoms with van der Waals surface area (Å²) in [6, 6.07) is 0. The van der Waals surface area contributed by atoms with Gasteiger partial charge in [0, 0.05) is 11.6 Å². The Morgan fingerprint density at radius 2 is 2.09 bits per heavy atom. The maximum Gasteiger partial charge on any atom is 0.230 e. The van der Waals surface area contributed by atoms with Gasteiger partial charge in [-0.1, -0.05) is 18.2 Å². The van der Waals surface area contributed by atoms with Gasteiger partial charge in [0.05, 0.1) is 5.41 Å². The highest BCUT2D eigenvalue weighted by Gasteiger charge is 2.29. The van der Waals surface area contributed by atoms with Gasteiger partial charge in [0.15, 0.2) is 0 Å². The second-order valence-electron chi connectivity index (χ2n) is 2.89. The Balaban J connectivity index is 4.30. The van der Waals surface area contributed by atoms with Crippen LogP contribution in [0.4, 0.5) is 0 Å². The van der Waals surface area contributed by atoms with Crippen LogP contribution in [0.3, 0.4) is 0 Å². The number of carbonyl (C=O) groups excluding carboxylic acids is 1. The predicted octanol–water partition coefficient (Wildman–Crippen LogP) is 1.90. The average molecular weight is 176 g/mol. The van der Waals surface area contributed by atoms with Crippen LogP contribution < -0.4 is 5.32 Å². The monoisotopic (exact) mass is 175 g/mol. The largest absolute Gasteiger partial charge is 0.356 e. The highest BCUT2D eigenvalue weighted by Crippen LogP contribution is 2.27. The molecule has 0 aromatic rings. The maximum atomic E-state index is 11.2. The zero-order chi connectivity index (χ0) is 9.07. The van der Waals surface area contributed by atoms with Gasteiger partial charge in [0.1, 0.15) is 0 Å². The van der Waals surface area contributed by atoms with Crippen LogP contribution in [0.25, 0.3) is 0 Å². The molecule has 1 amide bonds. The molecule has 0 atom stereocenters. The van der Waals surface area contributed by atoms with E-state index in [-0.39, 0.29) is 5.91 Å². The lowest BCUT2D eigenvalue weighted by Crippen LogP contribution is -2.36. The molecule has 0 radical (unpaired) electrons. The molecule has 0 aliphatic rings. The molecule has 0 rings (SSSR count). The molecule has 0 unspecified atom stereocenters. The Morgan fingerprint density at radius 3 is 2.36 bits per heavy atom. The normalized spacial score (nSPS) is 10.9. The third-order valence-corrected chi connectivity index (χ3v) is 2.06. The minimum absolute atomic E-state index is 0.0833. The molecule has 2 nitrogen and oxygen atoms in total. The highest BCUT2D eigenvalue weighted by atomic mass is 35.5. The topological polar surface area (TPSA) is 29.1 Å². The summed E-state index contributed by atoms with van der Waals surface area (Å²) in [4.78, 5) is 11.2. The lowest BCUT2D eigenvalue weighted by molar-refractivity contribution is -0.127. The Hall–Kier alpha value is -0.500. The van der Waals surface area contributed by atoms with Crippen molar-refractivity contribution in [2.24, 2.45) is 5.41 Å². The van der Waals surface area contributed by atoms with Gasteiger partial charge in [-0.3, -0.25) is 4.79 Å². The maximum absolute atomic E-state index is 11.2. The molecular weight excluding hydrogens is 162 g/mol. The van der Waals surface area contributed by atoms with E-state index < -0.39 is 5.41 Å². The Bertz CT molecular complexity index is 175. The lowest BCUT2D eigenvalue weighted by atomic mass is 9.92. The van der Waals surface area contributed by atoms with E-state index in [1.165, 1.54) is 0 Å². The second kappa shape index (κ2) is 3.77. The van der Waals surface area contributed by atoms with Gasteiger partial charge in [-0.15, -0.1) is 0 Å². The van der Waals surface area contributed by atoms with E-state index in [0.29, 0.717) is 11.6 Å². The molecule has 0 aromatic carbocycles. The second-order valence-corrected chi connectivity index (χ2v) is 3.35. The van der Waals surface area contributed by atoms with E-state index in [0.717, 1.165) is 0 Å². The van der Waals surface area contributed by atoms with Crippen LogP contribution >= 0.6 is 11.6 Å². The van der Waals surface area contributed by atoms with Crippen LogP contribution in [0.15, 0.2) is 11.6 Å². The predicted molar refractivity (Wildman–Crippen MR) is 47.5 cm³/mol. The number of hydrogen-bond acceptors (Lipinski definition) is 1. The number of halogens is 1. The summed E-state index contributed by atoms with van der Waals surface area (Å²) >= 11 is 5.64. The van der Waals surface area contributed by atoms with E-state index in [1.807, 2.05) is 6.92 Å².